The Morgan fingerprint density at radius 1 is 1.21 bits per heavy atom. The third-order valence-electron chi connectivity index (χ3n) is 3.62. The molecule has 1 heterocycles. The third-order valence-corrected chi connectivity index (χ3v) is 3.62. The van der Waals surface area contributed by atoms with Crippen molar-refractivity contribution < 1.29 is 0 Å². The topological polar surface area (TPSA) is 65.1 Å². The standard InChI is InChI=1S/C15H22N4/c16-12-13-5-6-14(17)15(11-13)18-7-10-19-8-3-1-2-4-9-19/h5-6,11,18H,1-4,7-10,17H2. The first-order valence-electron chi connectivity index (χ1n) is 7.05. The summed E-state index contributed by atoms with van der Waals surface area (Å²) in [5.41, 5.74) is 8.12. The van der Waals surface area contributed by atoms with E-state index in [0.717, 1.165) is 18.8 Å². The highest BCUT2D eigenvalue weighted by atomic mass is 15.1. The second kappa shape index (κ2) is 7.01. The highest BCUT2D eigenvalue weighted by Gasteiger charge is 2.08. The number of benzene rings is 1. The smallest absolute Gasteiger partial charge is 0.0992 e. The molecule has 0 aromatic heterocycles. The second-order valence-corrected chi connectivity index (χ2v) is 5.10. The van der Waals surface area contributed by atoms with Crippen molar-refractivity contribution >= 4 is 11.4 Å². The molecule has 19 heavy (non-hydrogen) atoms. The van der Waals surface area contributed by atoms with Crippen LogP contribution in [0, 0.1) is 11.3 Å². The molecule has 1 aliphatic heterocycles. The fraction of sp³-hybridized carbons (Fsp3) is 0.533. The number of nitriles is 1. The number of rotatable bonds is 4. The molecule has 0 spiro atoms. The first-order chi connectivity index (χ1) is 9.29. The minimum atomic E-state index is 0.645. The van der Waals surface area contributed by atoms with E-state index in [4.69, 9.17) is 11.0 Å². The van der Waals surface area contributed by atoms with Gasteiger partial charge in [-0.1, -0.05) is 12.8 Å². The van der Waals surface area contributed by atoms with Crippen molar-refractivity contribution in [3.8, 4) is 6.07 Å². The van der Waals surface area contributed by atoms with Crippen LogP contribution in [0.25, 0.3) is 0 Å². The van der Waals surface area contributed by atoms with Crippen LogP contribution in [0.1, 0.15) is 31.2 Å². The van der Waals surface area contributed by atoms with E-state index >= 15 is 0 Å². The Kier molecular flexibility index (Phi) is 5.05. The van der Waals surface area contributed by atoms with Gasteiger partial charge in [0.05, 0.1) is 23.0 Å². The summed E-state index contributed by atoms with van der Waals surface area (Å²) in [6, 6.07) is 7.48. The lowest BCUT2D eigenvalue weighted by Crippen LogP contribution is -2.30. The van der Waals surface area contributed by atoms with E-state index in [1.54, 1.807) is 12.1 Å². The van der Waals surface area contributed by atoms with E-state index in [-0.39, 0.29) is 0 Å². The Hall–Kier alpha value is -1.73. The van der Waals surface area contributed by atoms with Crippen LogP contribution in [0.4, 0.5) is 11.4 Å². The quantitative estimate of drug-likeness (QED) is 0.814. The average Bonchev–Trinajstić information content (AvgIpc) is 2.69. The van der Waals surface area contributed by atoms with Crippen LogP contribution in [0.5, 0.6) is 0 Å². The monoisotopic (exact) mass is 258 g/mol. The van der Waals surface area contributed by atoms with Gasteiger partial charge < -0.3 is 16.0 Å². The van der Waals surface area contributed by atoms with E-state index in [1.165, 1.54) is 38.8 Å². The molecule has 3 N–H and O–H groups in total. The molecule has 0 amide bonds. The van der Waals surface area contributed by atoms with Gasteiger partial charge in [0, 0.05) is 13.1 Å². The van der Waals surface area contributed by atoms with Crippen molar-refractivity contribution in [2.75, 3.05) is 37.2 Å². The van der Waals surface area contributed by atoms with Gasteiger partial charge in [0.15, 0.2) is 0 Å². The van der Waals surface area contributed by atoms with Crippen molar-refractivity contribution in [1.82, 2.24) is 4.90 Å². The maximum absolute atomic E-state index is 8.89. The minimum Gasteiger partial charge on any atom is -0.397 e. The molecular formula is C15H22N4. The number of nitrogens with zero attached hydrogens (tertiary/aromatic N) is 2. The zero-order chi connectivity index (χ0) is 13.5. The van der Waals surface area contributed by atoms with E-state index in [0.29, 0.717) is 11.3 Å². The third kappa shape index (κ3) is 4.15. The van der Waals surface area contributed by atoms with Gasteiger partial charge >= 0.3 is 0 Å². The maximum atomic E-state index is 8.89. The molecule has 1 aliphatic rings. The highest BCUT2D eigenvalue weighted by Crippen LogP contribution is 2.19. The summed E-state index contributed by atoms with van der Waals surface area (Å²) < 4.78 is 0. The van der Waals surface area contributed by atoms with E-state index < -0.39 is 0 Å². The van der Waals surface area contributed by atoms with Crippen LogP contribution in [-0.2, 0) is 0 Å². The lowest BCUT2D eigenvalue weighted by atomic mass is 10.2. The van der Waals surface area contributed by atoms with Crippen molar-refractivity contribution in [1.29, 1.82) is 5.26 Å². The molecule has 0 atom stereocenters. The SMILES string of the molecule is N#Cc1ccc(N)c(NCCN2CCCCCC2)c1. The number of nitrogens with two attached hydrogens (primary N) is 1. The number of nitrogens with one attached hydrogen (secondary N) is 1. The molecule has 102 valence electrons. The van der Waals surface area contributed by atoms with Crippen LogP contribution < -0.4 is 11.1 Å². The molecule has 0 bridgehead atoms. The number of hydrogen-bond acceptors (Lipinski definition) is 4. The van der Waals surface area contributed by atoms with Crippen LogP contribution >= 0.6 is 0 Å². The van der Waals surface area contributed by atoms with Crippen LogP contribution in [-0.4, -0.2) is 31.1 Å². The summed E-state index contributed by atoms with van der Waals surface area (Å²) in [7, 11) is 0. The summed E-state index contributed by atoms with van der Waals surface area (Å²) in [5, 5.41) is 12.2. The maximum Gasteiger partial charge on any atom is 0.0992 e. The normalized spacial score (nSPS) is 16.6. The molecule has 0 saturated carbocycles. The summed E-state index contributed by atoms with van der Waals surface area (Å²) in [6.45, 7) is 4.32. The van der Waals surface area contributed by atoms with Crippen LogP contribution in [0.3, 0.4) is 0 Å². The Bertz CT molecular complexity index is 442. The molecular weight excluding hydrogens is 236 g/mol. The molecule has 4 nitrogen and oxygen atoms in total. The molecule has 0 unspecified atom stereocenters. The van der Waals surface area contributed by atoms with E-state index in [9.17, 15) is 0 Å². The molecule has 1 fully saturated rings. The van der Waals surface area contributed by atoms with Gasteiger partial charge in [-0.15, -0.1) is 0 Å². The Morgan fingerprint density at radius 2 is 1.95 bits per heavy atom. The van der Waals surface area contributed by atoms with E-state index in [1.807, 2.05) is 6.07 Å². The average molecular weight is 258 g/mol. The lowest BCUT2D eigenvalue weighted by molar-refractivity contribution is 0.296. The predicted octanol–water partition coefficient (Wildman–Crippen LogP) is 2.43. The summed E-state index contributed by atoms with van der Waals surface area (Å²) >= 11 is 0. The van der Waals surface area contributed by atoms with Gasteiger partial charge in [-0.2, -0.15) is 5.26 Å². The number of hydrogen-bond donors (Lipinski definition) is 2. The van der Waals surface area contributed by atoms with E-state index in [2.05, 4.69) is 16.3 Å². The molecule has 0 aliphatic carbocycles. The molecule has 2 rings (SSSR count). The summed E-state index contributed by atoms with van der Waals surface area (Å²) in [4.78, 5) is 2.50. The zero-order valence-electron chi connectivity index (χ0n) is 11.4. The predicted molar refractivity (Wildman–Crippen MR) is 79.0 cm³/mol. The van der Waals surface area contributed by atoms with Crippen LogP contribution in [0.15, 0.2) is 18.2 Å². The van der Waals surface area contributed by atoms with Gasteiger partial charge in [0.2, 0.25) is 0 Å². The molecule has 1 aromatic carbocycles. The number of nitrogen functional groups attached to an aromatic ring is 1. The lowest BCUT2D eigenvalue weighted by Gasteiger charge is -2.20. The first-order valence-corrected chi connectivity index (χ1v) is 7.05. The second-order valence-electron chi connectivity index (χ2n) is 5.10. The fourth-order valence-electron chi connectivity index (χ4n) is 2.49. The van der Waals surface area contributed by atoms with Gasteiger partial charge in [0.1, 0.15) is 0 Å². The van der Waals surface area contributed by atoms with Gasteiger partial charge in [-0.25, -0.2) is 0 Å². The molecule has 1 aromatic rings. The molecule has 1 saturated heterocycles. The van der Waals surface area contributed by atoms with Gasteiger partial charge in [-0.3, -0.25) is 0 Å². The van der Waals surface area contributed by atoms with Crippen molar-refractivity contribution in [2.24, 2.45) is 0 Å². The molecule has 4 heteroatoms. The highest BCUT2D eigenvalue weighted by molar-refractivity contribution is 5.68. The van der Waals surface area contributed by atoms with Gasteiger partial charge in [0.25, 0.3) is 0 Å². The Balaban J connectivity index is 1.83. The number of likely N-dealkylation sites (tertiary alicyclic amines) is 1. The first kappa shape index (κ1) is 13.7. The van der Waals surface area contributed by atoms with Gasteiger partial charge in [-0.05, 0) is 44.1 Å². The summed E-state index contributed by atoms with van der Waals surface area (Å²) in [6.07, 6.45) is 5.35. The van der Waals surface area contributed by atoms with Crippen molar-refractivity contribution in [3.63, 3.8) is 0 Å². The van der Waals surface area contributed by atoms with Crippen molar-refractivity contribution in [2.45, 2.75) is 25.7 Å². The van der Waals surface area contributed by atoms with Crippen LogP contribution in [0.2, 0.25) is 0 Å². The zero-order valence-corrected chi connectivity index (χ0v) is 11.4. The fourth-order valence-corrected chi connectivity index (χ4v) is 2.49. The minimum absolute atomic E-state index is 0.645. The number of anilines is 2. The van der Waals surface area contributed by atoms with Crippen molar-refractivity contribution in [3.05, 3.63) is 23.8 Å². The Labute approximate surface area is 115 Å². The molecule has 0 radical (unpaired) electrons. The largest absolute Gasteiger partial charge is 0.397 e. The Morgan fingerprint density at radius 3 is 2.63 bits per heavy atom. The summed E-state index contributed by atoms with van der Waals surface area (Å²) in [5.74, 6) is 0.